The molecule has 3 rings (SSSR count). The Labute approximate surface area is 198 Å². The first-order valence-corrected chi connectivity index (χ1v) is 11.4. The van der Waals surface area contributed by atoms with E-state index in [4.69, 9.17) is 9.47 Å². The number of carbonyl (C=O) groups is 1. The Morgan fingerprint density at radius 3 is 2.71 bits per heavy atom. The number of aliphatic hydroxyl groups is 2. The number of nitro benzene ring substituents is 1. The van der Waals surface area contributed by atoms with E-state index < -0.39 is 23.2 Å². The third-order valence-electron chi connectivity index (χ3n) is 5.72. The second-order valence-corrected chi connectivity index (χ2v) is 8.21. The molecule has 2 aromatic rings. The highest BCUT2D eigenvalue weighted by Crippen LogP contribution is 2.30. The minimum absolute atomic E-state index is 0.0474. The highest BCUT2D eigenvalue weighted by Gasteiger charge is 2.29. The number of para-hydroxylation sites is 1. The van der Waals surface area contributed by atoms with Gasteiger partial charge in [0.15, 0.2) is 0 Å². The molecule has 184 valence electrons. The summed E-state index contributed by atoms with van der Waals surface area (Å²) in [5.74, 6) is 0.115. The van der Waals surface area contributed by atoms with Crippen molar-refractivity contribution in [1.29, 1.82) is 0 Å². The molecule has 0 saturated carbocycles. The van der Waals surface area contributed by atoms with E-state index in [0.717, 1.165) is 30.6 Å². The van der Waals surface area contributed by atoms with Crippen LogP contribution >= 0.6 is 0 Å². The molecule has 2 atom stereocenters. The molecule has 0 fully saturated rings. The van der Waals surface area contributed by atoms with Gasteiger partial charge in [0, 0.05) is 35.8 Å². The van der Waals surface area contributed by atoms with Gasteiger partial charge in [0.1, 0.15) is 5.75 Å². The number of ether oxygens (including phenoxy) is 2. The Balaban J connectivity index is 1.75. The lowest BCUT2D eigenvalue weighted by atomic mass is 10.00. The van der Waals surface area contributed by atoms with Gasteiger partial charge in [0.2, 0.25) is 6.29 Å². The van der Waals surface area contributed by atoms with Crippen molar-refractivity contribution >= 4 is 17.3 Å². The van der Waals surface area contributed by atoms with Crippen molar-refractivity contribution in [3.63, 3.8) is 0 Å². The molecule has 2 aromatic carbocycles. The standard InChI is InChI=1S/C24H31N3O7/c1-2-3-6-16(24-33-15-17-7-4-5-8-22(17)34-24)12-25-23(30)20-11-19(27(31)32)9-10-21(20)26-18(13-28)14-29/h4-5,7-11,16,18,24,26,28-29H,2-3,6,12-15H2,1H3,(H,25,30). The Hall–Kier alpha value is -3.21. The number of hydrogen-bond acceptors (Lipinski definition) is 8. The van der Waals surface area contributed by atoms with E-state index in [1.807, 2.05) is 24.3 Å². The average Bonchev–Trinajstić information content (AvgIpc) is 2.86. The molecular weight excluding hydrogens is 442 g/mol. The molecule has 1 heterocycles. The van der Waals surface area contributed by atoms with Gasteiger partial charge in [-0.15, -0.1) is 0 Å². The van der Waals surface area contributed by atoms with E-state index in [2.05, 4.69) is 17.6 Å². The van der Waals surface area contributed by atoms with Crippen LogP contribution in [-0.2, 0) is 11.3 Å². The Morgan fingerprint density at radius 2 is 2.00 bits per heavy atom. The van der Waals surface area contributed by atoms with Crippen molar-refractivity contribution < 1.29 is 29.4 Å². The minimum atomic E-state index is -0.714. The van der Waals surface area contributed by atoms with Gasteiger partial charge in [-0.25, -0.2) is 0 Å². The smallest absolute Gasteiger partial charge is 0.270 e. The van der Waals surface area contributed by atoms with Crippen LogP contribution in [0, 0.1) is 16.0 Å². The zero-order valence-electron chi connectivity index (χ0n) is 19.1. The number of carbonyl (C=O) groups excluding carboxylic acids is 1. The van der Waals surface area contributed by atoms with Crippen LogP contribution in [0.2, 0.25) is 0 Å². The van der Waals surface area contributed by atoms with Crippen LogP contribution in [0.3, 0.4) is 0 Å². The predicted molar refractivity (Wildman–Crippen MR) is 126 cm³/mol. The fraction of sp³-hybridized carbons (Fsp3) is 0.458. The van der Waals surface area contributed by atoms with Gasteiger partial charge in [-0.2, -0.15) is 0 Å². The fourth-order valence-electron chi connectivity index (χ4n) is 3.75. The molecule has 10 heteroatoms. The summed E-state index contributed by atoms with van der Waals surface area (Å²) < 4.78 is 12.0. The SMILES string of the molecule is CCCCC(CNC(=O)c1cc([N+](=O)[O-])ccc1NC(CO)CO)C1OCc2ccccc2O1. The number of nitro groups is 1. The number of non-ortho nitro benzene ring substituents is 1. The topological polar surface area (TPSA) is 143 Å². The van der Waals surface area contributed by atoms with Gasteiger partial charge in [0.25, 0.3) is 11.6 Å². The first-order chi connectivity index (χ1) is 16.5. The Bertz CT molecular complexity index is 981. The summed E-state index contributed by atoms with van der Waals surface area (Å²) in [4.78, 5) is 23.7. The summed E-state index contributed by atoms with van der Waals surface area (Å²) >= 11 is 0. The van der Waals surface area contributed by atoms with Crippen LogP contribution in [0.25, 0.3) is 0 Å². The molecule has 0 bridgehead atoms. The monoisotopic (exact) mass is 473 g/mol. The van der Waals surface area contributed by atoms with Crippen molar-refractivity contribution in [2.45, 2.75) is 45.1 Å². The molecule has 2 unspecified atom stereocenters. The maximum Gasteiger partial charge on any atom is 0.270 e. The van der Waals surface area contributed by atoms with E-state index in [1.165, 1.54) is 18.2 Å². The van der Waals surface area contributed by atoms with Crippen LogP contribution in [0.4, 0.5) is 11.4 Å². The lowest BCUT2D eigenvalue weighted by Crippen LogP contribution is -2.41. The number of benzene rings is 2. The van der Waals surface area contributed by atoms with Crippen LogP contribution in [0.1, 0.15) is 42.1 Å². The minimum Gasteiger partial charge on any atom is -0.464 e. The molecule has 34 heavy (non-hydrogen) atoms. The first-order valence-electron chi connectivity index (χ1n) is 11.4. The van der Waals surface area contributed by atoms with Crippen LogP contribution in [0.15, 0.2) is 42.5 Å². The van der Waals surface area contributed by atoms with Crippen molar-refractivity contribution in [2.75, 3.05) is 25.1 Å². The van der Waals surface area contributed by atoms with Crippen LogP contribution < -0.4 is 15.4 Å². The zero-order valence-corrected chi connectivity index (χ0v) is 19.1. The van der Waals surface area contributed by atoms with E-state index in [0.29, 0.717) is 6.61 Å². The van der Waals surface area contributed by atoms with Crippen molar-refractivity contribution in [3.05, 3.63) is 63.7 Å². The second-order valence-electron chi connectivity index (χ2n) is 8.21. The lowest BCUT2D eigenvalue weighted by molar-refractivity contribution is -0.384. The maximum absolute atomic E-state index is 13.1. The van der Waals surface area contributed by atoms with E-state index in [-0.39, 0.29) is 42.6 Å². The molecule has 0 aliphatic carbocycles. The van der Waals surface area contributed by atoms with Gasteiger partial charge < -0.3 is 30.3 Å². The average molecular weight is 474 g/mol. The number of amides is 1. The molecule has 0 spiro atoms. The van der Waals surface area contributed by atoms with E-state index >= 15 is 0 Å². The summed E-state index contributed by atoms with van der Waals surface area (Å²) in [6, 6.07) is 10.8. The van der Waals surface area contributed by atoms with Crippen LogP contribution in [-0.4, -0.2) is 53.1 Å². The molecular formula is C24H31N3O7. The summed E-state index contributed by atoms with van der Waals surface area (Å²) in [5, 5.41) is 35.7. The molecule has 1 amide bonds. The normalized spacial score (nSPS) is 15.8. The predicted octanol–water partition coefficient (Wildman–Crippen LogP) is 2.83. The lowest BCUT2D eigenvalue weighted by Gasteiger charge is -2.32. The van der Waals surface area contributed by atoms with Gasteiger partial charge >= 0.3 is 0 Å². The quantitative estimate of drug-likeness (QED) is 0.272. The maximum atomic E-state index is 13.1. The Kier molecular flexibility index (Phi) is 9.20. The van der Waals surface area contributed by atoms with Gasteiger partial charge in [-0.3, -0.25) is 14.9 Å². The van der Waals surface area contributed by atoms with Crippen molar-refractivity contribution in [3.8, 4) is 5.75 Å². The number of aliphatic hydroxyl groups excluding tert-OH is 2. The van der Waals surface area contributed by atoms with E-state index in [9.17, 15) is 25.1 Å². The third-order valence-corrected chi connectivity index (χ3v) is 5.72. The van der Waals surface area contributed by atoms with Crippen molar-refractivity contribution in [2.24, 2.45) is 5.92 Å². The molecule has 0 saturated heterocycles. The number of fused-ring (bicyclic) bond motifs is 1. The molecule has 1 aliphatic heterocycles. The third kappa shape index (κ3) is 6.43. The van der Waals surface area contributed by atoms with Gasteiger partial charge in [-0.05, 0) is 18.6 Å². The Morgan fingerprint density at radius 1 is 1.24 bits per heavy atom. The molecule has 1 aliphatic rings. The number of anilines is 1. The number of nitrogens with one attached hydrogen (secondary N) is 2. The summed E-state index contributed by atoms with van der Waals surface area (Å²) in [6.45, 7) is 2.00. The summed E-state index contributed by atoms with van der Waals surface area (Å²) in [7, 11) is 0. The second kappa shape index (κ2) is 12.3. The summed E-state index contributed by atoms with van der Waals surface area (Å²) in [5.41, 5.74) is 1.05. The van der Waals surface area contributed by atoms with Crippen molar-refractivity contribution in [1.82, 2.24) is 5.32 Å². The molecule has 0 aromatic heterocycles. The first kappa shape index (κ1) is 25.4. The van der Waals surface area contributed by atoms with Crippen LogP contribution in [0.5, 0.6) is 5.75 Å². The molecule has 10 nitrogen and oxygen atoms in total. The number of hydrogen-bond donors (Lipinski definition) is 4. The number of rotatable bonds is 12. The molecule has 0 radical (unpaired) electrons. The number of unbranched alkanes of at least 4 members (excludes halogenated alkanes) is 1. The summed E-state index contributed by atoms with van der Waals surface area (Å²) in [6.07, 6.45) is 2.12. The van der Waals surface area contributed by atoms with E-state index in [1.54, 1.807) is 0 Å². The zero-order chi connectivity index (χ0) is 24.5. The largest absolute Gasteiger partial charge is 0.464 e. The highest BCUT2D eigenvalue weighted by atomic mass is 16.7. The fourth-order valence-corrected chi connectivity index (χ4v) is 3.75. The number of nitrogens with zero attached hydrogens (tertiary/aromatic N) is 1. The van der Waals surface area contributed by atoms with Gasteiger partial charge in [-0.1, -0.05) is 38.0 Å². The highest BCUT2D eigenvalue weighted by molar-refractivity contribution is 6.00. The van der Waals surface area contributed by atoms with Gasteiger partial charge in [0.05, 0.1) is 36.3 Å². The molecule has 4 N–H and O–H groups in total.